The molecule has 0 fully saturated rings. The summed E-state index contributed by atoms with van der Waals surface area (Å²) < 4.78 is 0. The summed E-state index contributed by atoms with van der Waals surface area (Å²) in [6.45, 7) is 0. The van der Waals surface area contributed by atoms with Gasteiger partial charge in [-0.3, -0.25) is 0 Å². The summed E-state index contributed by atoms with van der Waals surface area (Å²) in [7, 11) is 0. The van der Waals surface area contributed by atoms with E-state index in [1.807, 2.05) is 0 Å². The zero-order valence-electron chi connectivity index (χ0n) is 7.68. The lowest BCUT2D eigenvalue weighted by Crippen LogP contribution is -1.99. The van der Waals surface area contributed by atoms with E-state index < -0.39 is 6.10 Å². The molecule has 0 aromatic carbocycles. The third-order valence-corrected chi connectivity index (χ3v) is 2.49. The van der Waals surface area contributed by atoms with Gasteiger partial charge >= 0.3 is 0 Å². The van der Waals surface area contributed by atoms with Crippen LogP contribution in [0.15, 0.2) is 18.7 Å². The third-order valence-electron chi connectivity index (χ3n) is 1.79. The first-order valence-electron chi connectivity index (χ1n) is 4.26. The summed E-state index contributed by atoms with van der Waals surface area (Å²) in [5, 5.41) is 9.66. The summed E-state index contributed by atoms with van der Waals surface area (Å²) in [4.78, 5) is 7.72. The van der Waals surface area contributed by atoms with Crippen molar-refractivity contribution >= 4 is 11.8 Å². The van der Waals surface area contributed by atoms with Gasteiger partial charge in [0.05, 0.1) is 6.10 Å². The van der Waals surface area contributed by atoms with Crippen LogP contribution in [0.25, 0.3) is 0 Å². The van der Waals surface area contributed by atoms with Crippen LogP contribution >= 0.6 is 11.8 Å². The standard InChI is InChI=1S/C9H14N2OS/c1-13-4-2-3-9(12)8-5-10-7-11-6-8/h5-7,9,12H,2-4H2,1H3. The van der Waals surface area contributed by atoms with Crippen LogP contribution in [0.2, 0.25) is 0 Å². The molecule has 0 bridgehead atoms. The van der Waals surface area contributed by atoms with Gasteiger partial charge in [0.1, 0.15) is 6.33 Å². The highest BCUT2D eigenvalue weighted by Crippen LogP contribution is 2.16. The van der Waals surface area contributed by atoms with Crippen LogP contribution in [-0.2, 0) is 0 Å². The van der Waals surface area contributed by atoms with E-state index in [9.17, 15) is 5.11 Å². The van der Waals surface area contributed by atoms with E-state index in [2.05, 4.69) is 16.2 Å². The van der Waals surface area contributed by atoms with Crippen LogP contribution in [0.3, 0.4) is 0 Å². The third kappa shape index (κ3) is 3.74. The summed E-state index contributed by atoms with van der Waals surface area (Å²) >= 11 is 1.80. The number of aliphatic hydroxyl groups is 1. The fourth-order valence-electron chi connectivity index (χ4n) is 1.07. The first-order chi connectivity index (χ1) is 6.34. The molecule has 1 aromatic rings. The van der Waals surface area contributed by atoms with Crippen LogP contribution in [0.4, 0.5) is 0 Å². The summed E-state index contributed by atoms with van der Waals surface area (Å²) in [5.41, 5.74) is 0.809. The van der Waals surface area contributed by atoms with Gasteiger partial charge < -0.3 is 5.11 Å². The predicted octanol–water partition coefficient (Wildman–Crippen LogP) is 1.65. The van der Waals surface area contributed by atoms with Crippen molar-refractivity contribution in [2.45, 2.75) is 18.9 Å². The molecular weight excluding hydrogens is 184 g/mol. The van der Waals surface area contributed by atoms with Crippen molar-refractivity contribution in [1.29, 1.82) is 0 Å². The van der Waals surface area contributed by atoms with Crippen LogP contribution in [-0.4, -0.2) is 27.1 Å². The van der Waals surface area contributed by atoms with Gasteiger partial charge in [0.25, 0.3) is 0 Å². The Kier molecular flexibility index (Phi) is 4.78. The molecule has 1 heterocycles. The molecule has 0 saturated heterocycles. The number of hydrogen-bond donors (Lipinski definition) is 1. The fourth-order valence-corrected chi connectivity index (χ4v) is 1.53. The first-order valence-corrected chi connectivity index (χ1v) is 5.66. The Morgan fingerprint density at radius 1 is 1.46 bits per heavy atom. The van der Waals surface area contributed by atoms with Crippen molar-refractivity contribution in [3.05, 3.63) is 24.3 Å². The number of aromatic nitrogens is 2. The lowest BCUT2D eigenvalue weighted by Gasteiger charge is -2.08. The minimum atomic E-state index is -0.409. The lowest BCUT2D eigenvalue weighted by molar-refractivity contribution is 0.166. The molecule has 72 valence electrons. The molecule has 0 aliphatic heterocycles. The Hall–Kier alpha value is -0.610. The van der Waals surface area contributed by atoms with Crippen LogP contribution in [0.1, 0.15) is 24.5 Å². The van der Waals surface area contributed by atoms with E-state index in [0.29, 0.717) is 0 Å². The Morgan fingerprint density at radius 2 is 2.15 bits per heavy atom. The SMILES string of the molecule is CSCCCC(O)c1cncnc1. The molecule has 0 spiro atoms. The highest BCUT2D eigenvalue weighted by Gasteiger charge is 2.06. The topological polar surface area (TPSA) is 46.0 Å². The number of thioether (sulfide) groups is 1. The number of nitrogens with zero attached hydrogens (tertiary/aromatic N) is 2. The second kappa shape index (κ2) is 5.94. The monoisotopic (exact) mass is 198 g/mol. The van der Waals surface area contributed by atoms with E-state index in [1.165, 1.54) is 6.33 Å². The zero-order chi connectivity index (χ0) is 9.52. The molecule has 0 saturated carbocycles. The Morgan fingerprint density at radius 3 is 2.77 bits per heavy atom. The van der Waals surface area contributed by atoms with Crippen LogP contribution in [0.5, 0.6) is 0 Å². The van der Waals surface area contributed by atoms with Crippen LogP contribution in [0, 0.1) is 0 Å². The van der Waals surface area contributed by atoms with E-state index in [0.717, 1.165) is 24.2 Å². The Balaban J connectivity index is 2.35. The van der Waals surface area contributed by atoms with Crippen molar-refractivity contribution in [2.24, 2.45) is 0 Å². The number of rotatable bonds is 5. The zero-order valence-corrected chi connectivity index (χ0v) is 8.50. The highest BCUT2D eigenvalue weighted by molar-refractivity contribution is 7.98. The van der Waals surface area contributed by atoms with Crippen molar-refractivity contribution in [3.63, 3.8) is 0 Å². The maximum absolute atomic E-state index is 9.66. The molecule has 1 aromatic heterocycles. The average Bonchev–Trinajstić information content (AvgIpc) is 2.19. The van der Waals surface area contributed by atoms with E-state index in [4.69, 9.17) is 0 Å². The van der Waals surface area contributed by atoms with Gasteiger partial charge in [-0.2, -0.15) is 11.8 Å². The second-order valence-corrected chi connectivity index (χ2v) is 3.81. The van der Waals surface area contributed by atoms with Gasteiger partial charge in [0.2, 0.25) is 0 Å². The summed E-state index contributed by atoms with van der Waals surface area (Å²) in [6, 6.07) is 0. The minimum absolute atomic E-state index is 0.409. The molecule has 0 aliphatic carbocycles. The van der Waals surface area contributed by atoms with E-state index in [-0.39, 0.29) is 0 Å². The molecular formula is C9H14N2OS. The summed E-state index contributed by atoms with van der Waals surface area (Å²) in [6.07, 6.45) is 8.27. The first kappa shape index (κ1) is 10.5. The van der Waals surface area contributed by atoms with Gasteiger partial charge in [-0.25, -0.2) is 9.97 Å². The normalized spacial score (nSPS) is 12.8. The van der Waals surface area contributed by atoms with Gasteiger partial charge in [-0.05, 0) is 24.9 Å². The number of hydrogen-bond acceptors (Lipinski definition) is 4. The average molecular weight is 198 g/mol. The fraction of sp³-hybridized carbons (Fsp3) is 0.556. The molecule has 4 heteroatoms. The Bertz CT molecular complexity index is 230. The van der Waals surface area contributed by atoms with Gasteiger partial charge in [-0.1, -0.05) is 0 Å². The van der Waals surface area contributed by atoms with E-state index >= 15 is 0 Å². The maximum Gasteiger partial charge on any atom is 0.115 e. The van der Waals surface area contributed by atoms with Crippen molar-refractivity contribution in [2.75, 3.05) is 12.0 Å². The molecule has 1 atom stereocenters. The van der Waals surface area contributed by atoms with Gasteiger partial charge in [-0.15, -0.1) is 0 Å². The predicted molar refractivity (Wildman–Crippen MR) is 54.6 cm³/mol. The van der Waals surface area contributed by atoms with Crippen molar-refractivity contribution < 1.29 is 5.11 Å². The van der Waals surface area contributed by atoms with Crippen molar-refractivity contribution in [3.8, 4) is 0 Å². The Labute approximate surface area is 82.6 Å². The molecule has 0 amide bonds. The maximum atomic E-state index is 9.66. The van der Waals surface area contributed by atoms with Crippen molar-refractivity contribution in [1.82, 2.24) is 9.97 Å². The van der Waals surface area contributed by atoms with E-state index in [1.54, 1.807) is 24.2 Å². The molecule has 0 radical (unpaired) electrons. The van der Waals surface area contributed by atoms with Crippen LogP contribution < -0.4 is 0 Å². The largest absolute Gasteiger partial charge is 0.388 e. The molecule has 3 nitrogen and oxygen atoms in total. The van der Waals surface area contributed by atoms with Gasteiger partial charge in [0, 0.05) is 18.0 Å². The van der Waals surface area contributed by atoms with Gasteiger partial charge in [0.15, 0.2) is 0 Å². The molecule has 0 aliphatic rings. The molecule has 1 unspecified atom stereocenters. The quantitative estimate of drug-likeness (QED) is 0.731. The lowest BCUT2D eigenvalue weighted by atomic mass is 10.1. The highest BCUT2D eigenvalue weighted by atomic mass is 32.2. The summed E-state index contributed by atoms with van der Waals surface area (Å²) in [5.74, 6) is 1.09. The molecule has 13 heavy (non-hydrogen) atoms. The smallest absolute Gasteiger partial charge is 0.115 e. The molecule has 1 rings (SSSR count). The molecule has 1 N–H and O–H groups in total. The second-order valence-electron chi connectivity index (χ2n) is 2.82. The number of aliphatic hydroxyl groups excluding tert-OH is 1. The minimum Gasteiger partial charge on any atom is -0.388 e.